The van der Waals surface area contributed by atoms with Crippen molar-refractivity contribution in [1.82, 2.24) is 10.6 Å². The zero-order valence-corrected chi connectivity index (χ0v) is 17.2. The topological polar surface area (TPSA) is 78.4 Å². The van der Waals surface area contributed by atoms with Crippen LogP contribution in [0, 0.1) is 5.82 Å². The Bertz CT molecular complexity index is 1020. The van der Waals surface area contributed by atoms with E-state index in [1.807, 2.05) is 37.3 Å². The zero-order chi connectivity index (χ0) is 22.2. The van der Waals surface area contributed by atoms with Gasteiger partial charge in [-0.05, 0) is 47.9 Å². The predicted molar refractivity (Wildman–Crippen MR) is 117 cm³/mol. The van der Waals surface area contributed by atoms with Crippen molar-refractivity contribution in [2.45, 2.75) is 31.8 Å². The number of halogens is 1. The van der Waals surface area contributed by atoms with E-state index < -0.39 is 6.04 Å². The van der Waals surface area contributed by atoms with Gasteiger partial charge in [0.2, 0.25) is 11.8 Å². The van der Waals surface area contributed by atoms with Crippen LogP contribution in [0.4, 0.5) is 4.39 Å². The molecule has 0 saturated carbocycles. The molecule has 0 aliphatic carbocycles. The van der Waals surface area contributed by atoms with E-state index >= 15 is 0 Å². The summed E-state index contributed by atoms with van der Waals surface area (Å²) in [4.78, 5) is 25.6. The van der Waals surface area contributed by atoms with Crippen molar-refractivity contribution in [3.63, 3.8) is 0 Å². The van der Waals surface area contributed by atoms with Crippen LogP contribution in [0.25, 0.3) is 0 Å². The van der Waals surface area contributed by atoms with Crippen molar-refractivity contribution in [2.75, 3.05) is 0 Å². The van der Waals surface area contributed by atoms with E-state index in [-0.39, 0.29) is 42.3 Å². The molecule has 3 aromatic carbocycles. The summed E-state index contributed by atoms with van der Waals surface area (Å²) in [5.41, 5.74) is 2.31. The van der Waals surface area contributed by atoms with Crippen molar-refractivity contribution in [1.29, 1.82) is 0 Å². The Kier molecular flexibility index (Phi) is 7.38. The van der Waals surface area contributed by atoms with Crippen LogP contribution in [0.3, 0.4) is 0 Å². The summed E-state index contributed by atoms with van der Waals surface area (Å²) < 4.78 is 13.3. The second kappa shape index (κ2) is 10.4. The average Bonchev–Trinajstić information content (AvgIpc) is 2.75. The summed E-state index contributed by atoms with van der Waals surface area (Å²) in [5.74, 6) is -0.969. The van der Waals surface area contributed by atoms with Gasteiger partial charge in [0.25, 0.3) is 0 Å². The third kappa shape index (κ3) is 6.67. The molecular formula is C25H25FN2O3. The summed E-state index contributed by atoms with van der Waals surface area (Å²) in [7, 11) is 0. The van der Waals surface area contributed by atoms with Gasteiger partial charge in [0.1, 0.15) is 17.6 Å². The van der Waals surface area contributed by atoms with Crippen molar-refractivity contribution < 1.29 is 19.1 Å². The van der Waals surface area contributed by atoms with E-state index in [1.165, 1.54) is 24.3 Å². The first kappa shape index (κ1) is 22.0. The van der Waals surface area contributed by atoms with Gasteiger partial charge in [-0.3, -0.25) is 9.59 Å². The number of hydrogen-bond donors (Lipinski definition) is 3. The molecule has 0 aromatic heterocycles. The second-order valence-electron chi connectivity index (χ2n) is 7.44. The molecule has 0 spiro atoms. The van der Waals surface area contributed by atoms with E-state index in [4.69, 9.17) is 0 Å². The molecule has 0 saturated heterocycles. The number of nitrogens with one attached hydrogen (secondary N) is 2. The van der Waals surface area contributed by atoms with E-state index in [9.17, 15) is 19.1 Å². The van der Waals surface area contributed by atoms with Crippen LogP contribution in [0.5, 0.6) is 5.75 Å². The Balaban J connectivity index is 1.72. The summed E-state index contributed by atoms with van der Waals surface area (Å²) in [6, 6.07) is 20.7. The van der Waals surface area contributed by atoms with Crippen LogP contribution in [-0.4, -0.2) is 23.0 Å². The molecule has 3 N–H and O–H groups in total. The summed E-state index contributed by atoms with van der Waals surface area (Å²) in [6.45, 7) is 1.87. The SMILES string of the molecule is C[C@@H](NC(=O)[C@H](Cc1ccc(F)cc1)NC(=O)Cc1cccc(O)c1)c1ccccc1. The summed E-state index contributed by atoms with van der Waals surface area (Å²) in [6.07, 6.45) is 0.245. The van der Waals surface area contributed by atoms with Gasteiger partial charge in [-0.1, -0.05) is 54.6 Å². The largest absolute Gasteiger partial charge is 0.508 e. The minimum absolute atomic E-state index is 0.0236. The Morgan fingerprint density at radius 2 is 1.61 bits per heavy atom. The molecular weight excluding hydrogens is 395 g/mol. The van der Waals surface area contributed by atoms with Crippen LogP contribution in [0.1, 0.15) is 29.7 Å². The third-order valence-corrected chi connectivity index (χ3v) is 4.94. The first-order valence-electron chi connectivity index (χ1n) is 10.1. The Labute approximate surface area is 180 Å². The molecule has 0 bridgehead atoms. The lowest BCUT2D eigenvalue weighted by Crippen LogP contribution is -2.49. The molecule has 31 heavy (non-hydrogen) atoms. The van der Waals surface area contributed by atoms with E-state index in [0.717, 1.165) is 11.1 Å². The van der Waals surface area contributed by atoms with Gasteiger partial charge in [-0.2, -0.15) is 0 Å². The van der Waals surface area contributed by atoms with Gasteiger partial charge in [0.15, 0.2) is 0 Å². The predicted octanol–water partition coefficient (Wildman–Crippen LogP) is 3.68. The van der Waals surface area contributed by atoms with Crippen molar-refractivity contribution >= 4 is 11.8 Å². The molecule has 0 aliphatic heterocycles. The lowest BCUT2D eigenvalue weighted by atomic mass is 10.0. The Hall–Kier alpha value is -3.67. The van der Waals surface area contributed by atoms with Gasteiger partial charge < -0.3 is 15.7 Å². The molecule has 3 rings (SSSR count). The number of phenolic OH excluding ortho intramolecular Hbond substituents is 1. The fourth-order valence-corrected chi connectivity index (χ4v) is 3.30. The van der Waals surface area contributed by atoms with Crippen molar-refractivity contribution in [3.05, 3.63) is 101 Å². The van der Waals surface area contributed by atoms with Gasteiger partial charge >= 0.3 is 0 Å². The maximum atomic E-state index is 13.3. The van der Waals surface area contributed by atoms with Crippen molar-refractivity contribution in [2.24, 2.45) is 0 Å². The van der Waals surface area contributed by atoms with Gasteiger partial charge in [-0.25, -0.2) is 4.39 Å². The van der Waals surface area contributed by atoms with Gasteiger partial charge in [0, 0.05) is 6.42 Å². The first-order valence-corrected chi connectivity index (χ1v) is 10.1. The highest BCUT2D eigenvalue weighted by Crippen LogP contribution is 2.14. The molecule has 5 nitrogen and oxygen atoms in total. The zero-order valence-electron chi connectivity index (χ0n) is 17.2. The molecule has 0 unspecified atom stereocenters. The minimum atomic E-state index is -0.832. The van der Waals surface area contributed by atoms with E-state index in [0.29, 0.717) is 5.56 Å². The molecule has 3 aromatic rings. The molecule has 0 radical (unpaired) electrons. The smallest absolute Gasteiger partial charge is 0.243 e. The number of phenols is 1. The van der Waals surface area contributed by atoms with Crippen LogP contribution in [0.2, 0.25) is 0 Å². The quantitative estimate of drug-likeness (QED) is 0.520. The number of carbonyl (C=O) groups excluding carboxylic acids is 2. The van der Waals surface area contributed by atoms with Crippen LogP contribution in [0.15, 0.2) is 78.9 Å². The van der Waals surface area contributed by atoms with E-state index in [1.54, 1.807) is 24.3 Å². The van der Waals surface area contributed by atoms with Crippen LogP contribution in [-0.2, 0) is 22.4 Å². The average molecular weight is 420 g/mol. The maximum absolute atomic E-state index is 13.3. The third-order valence-electron chi connectivity index (χ3n) is 4.94. The van der Waals surface area contributed by atoms with Crippen LogP contribution >= 0.6 is 0 Å². The highest BCUT2D eigenvalue weighted by atomic mass is 19.1. The summed E-state index contributed by atoms with van der Waals surface area (Å²) in [5, 5.41) is 15.3. The second-order valence-corrected chi connectivity index (χ2v) is 7.44. The minimum Gasteiger partial charge on any atom is -0.508 e. The lowest BCUT2D eigenvalue weighted by molar-refractivity contribution is -0.129. The highest BCUT2D eigenvalue weighted by Gasteiger charge is 2.23. The molecule has 2 amide bonds. The van der Waals surface area contributed by atoms with Gasteiger partial charge in [0.05, 0.1) is 12.5 Å². The maximum Gasteiger partial charge on any atom is 0.243 e. The molecule has 0 aliphatic rings. The van der Waals surface area contributed by atoms with Gasteiger partial charge in [-0.15, -0.1) is 0 Å². The number of rotatable bonds is 8. The first-order chi connectivity index (χ1) is 14.9. The Morgan fingerprint density at radius 1 is 0.903 bits per heavy atom. The lowest BCUT2D eigenvalue weighted by Gasteiger charge is -2.22. The van der Waals surface area contributed by atoms with Crippen molar-refractivity contribution in [3.8, 4) is 5.75 Å². The Morgan fingerprint density at radius 3 is 2.29 bits per heavy atom. The van der Waals surface area contributed by atoms with E-state index in [2.05, 4.69) is 10.6 Å². The molecule has 160 valence electrons. The molecule has 6 heteroatoms. The molecule has 0 fully saturated rings. The normalized spacial score (nSPS) is 12.6. The number of carbonyl (C=O) groups is 2. The molecule has 0 heterocycles. The number of amides is 2. The summed E-state index contributed by atoms with van der Waals surface area (Å²) >= 11 is 0. The highest BCUT2D eigenvalue weighted by molar-refractivity contribution is 5.88. The molecule has 2 atom stereocenters. The number of benzene rings is 3. The monoisotopic (exact) mass is 420 g/mol. The fraction of sp³-hybridized carbons (Fsp3) is 0.200. The number of aromatic hydroxyl groups is 1. The standard InChI is InChI=1S/C25H25FN2O3/c1-17(20-7-3-2-4-8-20)27-25(31)23(15-18-10-12-21(26)13-11-18)28-24(30)16-19-6-5-9-22(29)14-19/h2-14,17,23,29H,15-16H2,1H3,(H,27,31)(H,28,30)/t17-,23+/m1/s1. The number of hydrogen-bond acceptors (Lipinski definition) is 3. The van der Waals surface area contributed by atoms with Crippen LogP contribution < -0.4 is 10.6 Å². The fourth-order valence-electron chi connectivity index (χ4n) is 3.30.